The molecule has 1 aromatic carbocycles. The van der Waals surface area contributed by atoms with Gasteiger partial charge >= 0.3 is 0 Å². The molecule has 0 aliphatic heterocycles. The molecule has 2 aromatic rings. The summed E-state index contributed by atoms with van der Waals surface area (Å²) in [7, 11) is 0. The van der Waals surface area contributed by atoms with E-state index < -0.39 is 23.0 Å². The summed E-state index contributed by atoms with van der Waals surface area (Å²) in [6, 6.07) is 5.09. The summed E-state index contributed by atoms with van der Waals surface area (Å²) in [6.07, 6.45) is 1.51. The SMILES string of the molecule is Cc1occc1SCC(=O)c1c(F)cccc1F. The normalized spacial score (nSPS) is 10.6. The molecule has 0 N–H and O–H groups in total. The number of carbonyl (C=O) groups is 1. The molecule has 1 heterocycles. The van der Waals surface area contributed by atoms with Gasteiger partial charge in [0.1, 0.15) is 17.4 Å². The summed E-state index contributed by atoms with van der Waals surface area (Å²) in [5.41, 5.74) is -0.480. The fraction of sp³-hybridized carbons (Fsp3) is 0.154. The number of halogens is 2. The number of aryl methyl sites for hydroxylation is 1. The Kier molecular flexibility index (Phi) is 3.81. The Morgan fingerprint density at radius 3 is 2.50 bits per heavy atom. The highest BCUT2D eigenvalue weighted by Gasteiger charge is 2.17. The molecule has 0 bridgehead atoms. The average Bonchev–Trinajstić information content (AvgIpc) is 2.72. The van der Waals surface area contributed by atoms with Crippen LogP contribution < -0.4 is 0 Å². The Bertz CT molecular complexity index is 558. The Morgan fingerprint density at radius 1 is 1.28 bits per heavy atom. The highest BCUT2D eigenvalue weighted by molar-refractivity contribution is 8.00. The number of rotatable bonds is 4. The standard InChI is InChI=1S/C13H10F2O2S/c1-8-12(5-6-17-8)18-7-11(16)13-9(14)3-2-4-10(13)15/h2-6H,7H2,1H3. The number of thioether (sulfide) groups is 1. The molecule has 5 heteroatoms. The van der Waals surface area contributed by atoms with Crippen LogP contribution in [0.1, 0.15) is 16.1 Å². The Balaban J connectivity index is 2.11. The second kappa shape index (κ2) is 5.35. The molecule has 0 spiro atoms. The minimum absolute atomic E-state index is 0.0295. The topological polar surface area (TPSA) is 30.2 Å². The van der Waals surface area contributed by atoms with Crippen molar-refractivity contribution in [3.05, 3.63) is 53.5 Å². The summed E-state index contributed by atoms with van der Waals surface area (Å²) >= 11 is 1.20. The van der Waals surface area contributed by atoms with E-state index in [1.807, 2.05) is 0 Å². The van der Waals surface area contributed by atoms with Crippen LogP contribution in [0.2, 0.25) is 0 Å². The lowest BCUT2D eigenvalue weighted by molar-refractivity contribution is 0.101. The number of benzene rings is 1. The number of carbonyl (C=O) groups excluding carboxylic acids is 1. The molecule has 1 aromatic heterocycles. The quantitative estimate of drug-likeness (QED) is 0.623. The van der Waals surface area contributed by atoms with Gasteiger partial charge < -0.3 is 4.42 Å². The van der Waals surface area contributed by atoms with Crippen LogP contribution >= 0.6 is 11.8 Å². The molecule has 0 atom stereocenters. The van der Waals surface area contributed by atoms with E-state index in [9.17, 15) is 13.6 Å². The van der Waals surface area contributed by atoms with Crippen molar-refractivity contribution >= 4 is 17.5 Å². The number of Topliss-reactive ketones (excluding diaryl/α,β-unsaturated/α-hetero) is 1. The van der Waals surface area contributed by atoms with Crippen molar-refractivity contribution in [2.45, 2.75) is 11.8 Å². The number of furan rings is 1. The Hall–Kier alpha value is -1.62. The van der Waals surface area contributed by atoms with Gasteiger partial charge in [-0.1, -0.05) is 6.07 Å². The summed E-state index contributed by atoms with van der Waals surface area (Å²) in [4.78, 5) is 12.6. The fourth-order valence-corrected chi connectivity index (χ4v) is 2.34. The predicted octanol–water partition coefficient (Wildman–Crippen LogP) is 3.84. The van der Waals surface area contributed by atoms with Crippen LogP contribution in [0.5, 0.6) is 0 Å². The summed E-state index contributed by atoms with van der Waals surface area (Å²) in [5, 5.41) is 0. The smallest absolute Gasteiger partial charge is 0.178 e. The van der Waals surface area contributed by atoms with Gasteiger partial charge in [0, 0.05) is 4.90 Å². The van der Waals surface area contributed by atoms with Crippen LogP contribution in [0.3, 0.4) is 0 Å². The molecular weight excluding hydrogens is 258 g/mol. The van der Waals surface area contributed by atoms with Gasteiger partial charge in [0.15, 0.2) is 5.78 Å². The molecule has 0 fully saturated rings. The molecule has 0 aliphatic carbocycles. The molecule has 0 unspecified atom stereocenters. The van der Waals surface area contributed by atoms with E-state index in [4.69, 9.17) is 4.42 Å². The largest absolute Gasteiger partial charge is 0.468 e. The van der Waals surface area contributed by atoms with E-state index in [0.717, 1.165) is 17.0 Å². The highest BCUT2D eigenvalue weighted by atomic mass is 32.2. The monoisotopic (exact) mass is 268 g/mol. The van der Waals surface area contributed by atoms with E-state index in [1.165, 1.54) is 24.1 Å². The van der Waals surface area contributed by atoms with Crippen LogP contribution in [-0.4, -0.2) is 11.5 Å². The zero-order valence-corrected chi connectivity index (χ0v) is 10.4. The molecule has 0 radical (unpaired) electrons. The molecule has 94 valence electrons. The summed E-state index contributed by atoms with van der Waals surface area (Å²) in [6.45, 7) is 1.76. The van der Waals surface area contributed by atoms with Gasteiger partial charge in [-0.3, -0.25) is 4.79 Å². The lowest BCUT2D eigenvalue weighted by Gasteiger charge is -2.03. The average molecular weight is 268 g/mol. The minimum Gasteiger partial charge on any atom is -0.468 e. The van der Waals surface area contributed by atoms with E-state index in [0.29, 0.717) is 5.76 Å². The van der Waals surface area contributed by atoms with Crippen LogP contribution in [-0.2, 0) is 0 Å². The molecule has 0 amide bonds. The molecule has 0 aliphatic rings. The highest BCUT2D eigenvalue weighted by Crippen LogP contribution is 2.24. The predicted molar refractivity (Wildman–Crippen MR) is 64.9 cm³/mol. The maximum Gasteiger partial charge on any atom is 0.178 e. The van der Waals surface area contributed by atoms with Gasteiger partial charge in [-0.2, -0.15) is 0 Å². The molecule has 2 nitrogen and oxygen atoms in total. The fourth-order valence-electron chi connectivity index (χ4n) is 1.50. The first kappa shape index (κ1) is 12.8. The van der Waals surface area contributed by atoms with E-state index >= 15 is 0 Å². The van der Waals surface area contributed by atoms with Gasteiger partial charge in [-0.05, 0) is 25.1 Å². The lowest BCUT2D eigenvalue weighted by atomic mass is 10.1. The third kappa shape index (κ3) is 2.61. The van der Waals surface area contributed by atoms with Crippen molar-refractivity contribution in [2.24, 2.45) is 0 Å². The molecular formula is C13H10F2O2S. The van der Waals surface area contributed by atoms with Crippen LogP contribution in [0.15, 0.2) is 39.8 Å². The van der Waals surface area contributed by atoms with Gasteiger partial charge in [0.2, 0.25) is 0 Å². The van der Waals surface area contributed by atoms with Crippen LogP contribution in [0.4, 0.5) is 8.78 Å². The maximum absolute atomic E-state index is 13.4. The Morgan fingerprint density at radius 2 is 1.94 bits per heavy atom. The van der Waals surface area contributed by atoms with Gasteiger partial charge in [0.25, 0.3) is 0 Å². The van der Waals surface area contributed by atoms with Gasteiger partial charge in [-0.25, -0.2) is 8.78 Å². The zero-order chi connectivity index (χ0) is 13.1. The first-order valence-corrected chi connectivity index (χ1v) is 6.22. The third-order valence-electron chi connectivity index (χ3n) is 2.41. The van der Waals surface area contributed by atoms with E-state index in [1.54, 1.807) is 13.0 Å². The van der Waals surface area contributed by atoms with Crippen molar-refractivity contribution < 1.29 is 18.0 Å². The summed E-state index contributed by atoms with van der Waals surface area (Å²) < 4.78 is 31.8. The van der Waals surface area contributed by atoms with Gasteiger partial charge in [-0.15, -0.1) is 11.8 Å². The van der Waals surface area contributed by atoms with Gasteiger partial charge in [0.05, 0.1) is 17.6 Å². The first-order chi connectivity index (χ1) is 8.59. The van der Waals surface area contributed by atoms with Crippen molar-refractivity contribution in [2.75, 3.05) is 5.75 Å². The molecule has 0 saturated carbocycles. The Labute approximate surface area is 107 Å². The van der Waals surface area contributed by atoms with Crippen molar-refractivity contribution in [3.63, 3.8) is 0 Å². The minimum atomic E-state index is -0.829. The van der Waals surface area contributed by atoms with E-state index in [-0.39, 0.29) is 5.75 Å². The third-order valence-corrected chi connectivity index (χ3v) is 3.55. The second-order valence-electron chi connectivity index (χ2n) is 3.65. The lowest BCUT2D eigenvalue weighted by Crippen LogP contribution is -2.08. The van der Waals surface area contributed by atoms with Crippen molar-refractivity contribution in [1.29, 1.82) is 0 Å². The van der Waals surface area contributed by atoms with Crippen molar-refractivity contribution in [3.8, 4) is 0 Å². The number of ketones is 1. The number of hydrogen-bond donors (Lipinski definition) is 0. The first-order valence-electron chi connectivity index (χ1n) is 5.23. The van der Waals surface area contributed by atoms with Crippen LogP contribution in [0, 0.1) is 18.6 Å². The van der Waals surface area contributed by atoms with Crippen molar-refractivity contribution in [1.82, 2.24) is 0 Å². The zero-order valence-electron chi connectivity index (χ0n) is 9.57. The number of hydrogen-bond acceptors (Lipinski definition) is 3. The molecule has 18 heavy (non-hydrogen) atoms. The molecule has 0 saturated heterocycles. The molecule has 2 rings (SSSR count). The second-order valence-corrected chi connectivity index (χ2v) is 4.67. The van der Waals surface area contributed by atoms with E-state index in [2.05, 4.69) is 0 Å². The maximum atomic E-state index is 13.4. The summed E-state index contributed by atoms with van der Waals surface area (Å²) in [5.74, 6) is -1.58. The van der Waals surface area contributed by atoms with Crippen LogP contribution in [0.25, 0.3) is 0 Å².